The Morgan fingerprint density at radius 1 is 1.00 bits per heavy atom. The first-order valence-corrected chi connectivity index (χ1v) is 7.17. The van der Waals surface area contributed by atoms with Crippen molar-refractivity contribution in [1.29, 1.82) is 0 Å². The fourth-order valence-electron chi connectivity index (χ4n) is 1.65. The van der Waals surface area contributed by atoms with E-state index < -0.39 is 0 Å². The molecule has 0 radical (unpaired) electrons. The highest BCUT2D eigenvalue weighted by Crippen LogP contribution is 2.32. The van der Waals surface area contributed by atoms with Gasteiger partial charge in [-0.3, -0.25) is 4.79 Å². The Kier molecular flexibility index (Phi) is 5.23. The number of rotatable bonds is 3. The van der Waals surface area contributed by atoms with E-state index in [1.807, 2.05) is 6.07 Å². The first kappa shape index (κ1) is 15.8. The Morgan fingerprint density at radius 2 is 1.67 bits per heavy atom. The molecule has 0 aliphatic carbocycles. The summed E-state index contributed by atoms with van der Waals surface area (Å²) in [6.07, 6.45) is 0. The van der Waals surface area contributed by atoms with Crippen molar-refractivity contribution in [3.05, 3.63) is 68.7 Å². The van der Waals surface area contributed by atoms with Crippen LogP contribution in [0.3, 0.4) is 0 Å². The van der Waals surface area contributed by atoms with Gasteiger partial charge in [0, 0.05) is 11.1 Å². The van der Waals surface area contributed by atoms with E-state index in [1.54, 1.807) is 43.3 Å². The Labute approximate surface area is 137 Å². The quantitative estimate of drug-likeness (QED) is 0.486. The van der Waals surface area contributed by atoms with E-state index in [2.05, 4.69) is 10.5 Å². The number of nitrogens with zero attached hydrogens (tertiary/aromatic N) is 1. The number of benzene rings is 2. The van der Waals surface area contributed by atoms with Gasteiger partial charge in [0.1, 0.15) is 0 Å². The van der Waals surface area contributed by atoms with E-state index in [-0.39, 0.29) is 10.9 Å². The van der Waals surface area contributed by atoms with Crippen LogP contribution in [-0.2, 0) is 0 Å². The van der Waals surface area contributed by atoms with Crippen LogP contribution in [-0.4, -0.2) is 11.6 Å². The summed E-state index contributed by atoms with van der Waals surface area (Å²) in [7, 11) is 0. The van der Waals surface area contributed by atoms with Crippen molar-refractivity contribution in [2.75, 3.05) is 0 Å². The van der Waals surface area contributed by atoms with Crippen molar-refractivity contribution < 1.29 is 4.79 Å². The first-order valence-electron chi connectivity index (χ1n) is 6.04. The number of hydrogen-bond acceptors (Lipinski definition) is 2. The van der Waals surface area contributed by atoms with Gasteiger partial charge in [0.25, 0.3) is 5.91 Å². The van der Waals surface area contributed by atoms with E-state index in [0.717, 1.165) is 0 Å². The van der Waals surface area contributed by atoms with Gasteiger partial charge in [-0.05, 0) is 25.1 Å². The Bertz CT molecular complexity index is 700. The molecule has 2 aromatic rings. The van der Waals surface area contributed by atoms with Crippen molar-refractivity contribution in [2.24, 2.45) is 5.10 Å². The van der Waals surface area contributed by atoms with E-state index in [0.29, 0.717) is 26.9 Å². The van der Waals surface area contributed by atoms with Gasteiger partial charge in [-0.2, -0.15) is 5.10 Å². The molecule has 0 bridgehead atoms. The molecule has 0 aliphatic rings. The van der Waals surface area contributed by atoms with Crippen molar-refractivity contribution >= 4 is 46.4 Å². The number of carbonyl (C=O) groups excluding carboxylic acids is 1. The van der Waals surface area contributed by atoms with Crippen LogP contribution in [0.2, 0.25) is 15.1 Å². The Hall–Kier alpha value is -1.55. The van der Waals surface area contributed by atoms with Crippen LogP contribution in [0.1, 0.15) is 22.8 Å². The highest BCUT2D eigenvalue weighted by atomic mass is 35.5. The maximum absolute atomic E-state index is 11.9. The monoisotopic (exact) mass is 340 g/mol. The summed E-state index contributed by atoms with van der Waals surface area (Å²) < 4.78 is 0. The van der Waals surface area contributed by atoms with Gasteiger partial charge in [0.05, 0.1) is 20.8 Å². The number of amides is 1. The standard InChI is InChI=1S/C15H11Cl3N2O/c1-9(11-7-8-12(16)14(18)13(11)17)19-20-15(21)10-5-3-2-4-6-10/h2-8H,1H3,(H,20,21)/b19-9-. The molecule has 0 aliphatic heterocycles. The lowest BCUT2D eigenvalue weighted by molar-refractivity contribution is 0.0955. The van der Waals surface area contributed by atoms with Gasteiger partial charge in [-0.1, -0.05) is 59.1 Å². The second-order valence-electron chi connectivity index (χ2n) is 4.23. The number of nitrogens with one attached hydrogen (secondary N) is 1. The van der Waals surface area contributed by atoms with Gasteiger partial charge in [-0.25, -0.2) is 5.43 Å². The largest absolute Gasteiger partial charge is 0.271 e. The zero-order valence-corrected chi connectivity index (χ0v) is 13.3. The maximum Gasteiger partial charge on any atom is 0.271 e. The van der Waals surface area contributed by atoms with Gasteiger partial charge in [0.15, 0.2) is 0 Å². The van der Waals surface area contributed by atoms with Gasteiger partial charge in [-0.15, -0.1) is 0 Å². The molecule has 0 aromatic heterocycles. The predicted octanol–water partition coefficient (Wildman–Crippen LogP) is 4.80. The minimum atomic E-state index is -0.300. The highest BCUT2D eigenvalue weighted by molar-refractivity contribution is 6.49. The molecule has 0 heterocycles. The van der Waals surface area contributed by atoms with Crippen LogP contribution < -0.4 is 5.43 Å². The Balaban J connectivity index is 2.19. The zero-order valence-electron chi connectivity index (χ0n) is 11.0. The Morgan fingerprint density at radius 3 is 2.33 bits per heavy atom. The fraction of sp³-hybridized carbons (Fsp3) is 0.0667. The average molecular weight is 342 g/mol. The summed E-state index contributed by atoms with van der Waals surface area (Å²) in [5.74, 6) is -0.300. The summed E-state index contributed by atoms with van der Waals surface area (Å²) in [5, 5.41) is 4.97. The zero-order chi connectivity index (χ0) is 15.4. The van der Waals surface area contributed by atoms with Crippen LogP contribution in [0, 0.1) is 0 Å². The summed E-state index contributed by atoms with van der Waals surface area (Å²) in [6.45, 7) is 1.72. The van der Waals surface area contributed by atoms with Crippen LogP contribution in [0.25, 0.3) is 0 Å². The van der Waals surface area contributed by atoms with Crippen molar-refractivity contribution in [2.45, 2.75) is 6.92 Å². The first-order chi connectivity index (χ1) is 10.0. The average Bonchev–Trinajstić information content (AvgIpc) is 2.51. The van der Waals surface area contributed by atoms with E-state index in [9.17, 15) is 4.79 Å². The van der Waals surface area contributed by atoms with Gasteiger partial charge < -0.3 is 0 Å². The third-order valence-corrected chi connectivity index (χ3v) is 4.08. The minimum Gasteiger partial charge on any atom is -0.267 e. The number of carbonyl (C=O) groups is 1. The molecule has 108 valence electrons. The lowest BCUT2D eigenvalue weighted by Crippen LogP contribution is -2.19. The van der Waals surface area contributed by atoms with Crippen LogP contribution >= 0.6 is 34.8 Å². The lowest BCUT2D eigenvalue weighted by atomic mass is 10.1. The molecule has 2 rings (SSSR count). The third kappa shape index (κ3) is 3.76. The summed E-state index contributed by atoms with van der Waals surface area (Å²) in [6, 6.07) is 12.1. The van der Waals surface area contributed by atoms with E-state index >= 15 is 0 Å². The normalized spacial score (nSPS) is 11.3. The highest BCUT2D eigenvalue weighted by Gasteiger charge is 2.11. The molecule has 3 nitrogen and oxygen atoms in total. The molecule has 1 amide bonds. The maximum atomic E-state index is 11.9. The topological polar surface area (TPSA) is 41.5 Å². The van der Waals surface area contributed by atoms with Crippen LogP contribution in [0.4, 0.5) is 0 Å². The molecular formula is C15H11Cl3N2O. The number of halogens is 3. The van der Waals surface area contributed by atoms with E-state index in [1.165, 1.54) is 0 Å². The molecule has 0 atom stereocenters. The molecule has 1 N–H and O–H groups in total. The second-order valence-corrected chi connectivity index (χ2v) is 5.39. The molecule has 2 aromatic carbocycles. The smallest absolute Gasteiger partial charge is 0.267 e. The molecule has 0 unspecified atom stereocenters. The molecule has 0 saturated heterocycles. The molecule has 0 fully saturated rings. The fourth-order valence-corrected chi connectivity index (χ4v) is 2.33. The summed E-state index contributed by atoms with van der Waals surface area (Å²) >= 11 is 18.0. The van der Waals surface area contributed by atoms with Gasteiger partial charge >= 0.3 is 0 Å². The van der Waals surface area contributed by atoms with Crippen molar-refractivity contribution in [3.8, 4) is 0 Å². The molecule has 0 spiro atoms. The lowest BCUT2D eigenvalue weighted by Gasteiger charge is -2.07. The van der Waals surface area contributed by atoms with Crippen LogP contribution in [0.5, 0.6) is 0 Å². The summed E-state index contributed by atoms with van der Waals surface area (Å²) in [5.41, 5.74) is 4.14. The molecule has 0 saturated carbocycles. The predicted molar refractivity (Wildman–Crippen MR) is 87.6 cm³/mol. The summed E-state index contributed by atoms with van der Waals surface area (Å²) in [4.78, 5) is 11.9. The second kappa shape index (κ2) is 6.94. The SMILES string of the molecule is C/C(=N/NC(=O)c1ccccc1)c1ccc(Cl)c(Cl)c1Cl. The molecule has 6 heteroatoms. The number of hydrogen-bond donors (Lipinski definition) is 1. The minimum absolute atomic E-state index is 0.264. The molecular weight excluding hydrogens is 331 g/mol. The number of hydrazone groups is 1. The third-order valence-electron chi connectivity index (χ3n) is 2.79. The van der Waals surface area contributed by atoms with Gasteiger partial charge in [0.2, 0.25) is 0 Å². The van der Waals surface area contributed by atoms with E-state index in [4.69, 9.17) is 34.8 Å². The van der Waals surface area contributed by atoms with Crippen molar-refractivity contribution in [3.63, 3.8) is 0 Å². The molecule has 21 heavy (non-hydrogen) atoms. The van der Waals surface area contributed by atoms with Crippen molar-refractivity contribution in [1.82, 2.24) is 5.43 Å². The van der Waals surface area contributed by atoms with Crippen LogP contribution in [0.15, 0.2) is 47.6 Å².